The molecule has 2 aromatic carbocycles. The molecule has 1 saturated heterocycles. The molecular formula is C19H21NO2. The summed E-state index contributed by atoms with van der Waals surface area (Å²) < 4.78 is 5.82. The minimum Gasteiger partial charge on any atom is -0.375 e. The van der Waals surface area contributed by atoms with Gasteiger partial charge in [-0.25, -0.2) is 0 Å². The van der Waals surface area contributed by atoms with Crippen LogP contribution in [0.1, 0.15) is 22.3 Å². The van der Waals surface area contributed by atoms with Gasteiger partial charge in [0, 0.05) is 18.7 Å². The van der Waals surface area contributed by atoms with E-state index in [9.17, 15) is 4.79 Å². The van der Waals surface area contributed by atoms with Crippen LogP contribution in [0.5, 0.6) is 0 Å². The van der Waals surface area contributed by atoms with E-state index in [2.05, 4.69) is 24.3 Å². The van der Waals surface area contributed by atoms with E-state index in [1.54, 1.807) is 0 Å². The summed E-state index contributed by atoms with van der Waals surface area (Å²) in [5, 5.41) is 0. The van der Waals surface area contributed by atoms with Crippen molar-refractivity contribution in [2.24, 2.45) is 0 Å². The third-order valence-electron chi connectivity index (χ3n) is 4.04. The molecule has 3 rings (SSSR count). The van der Waals surface area contributed by atoms with Gasteiger partial charge in [0.25, 0.3) is 5.91 Å². The standard InChI is InChI=1S/C19H21NO2/c21-19(17-9-5-2-6-10-17)20-13-14-22-18(15-20)12-11-16-7-3-1-4-8-16/h1-10,18H,11-15H2. The Morgan fingerprint density at radius 3 is 2.45 bits per heavy atom. The summed E-state index contributed by atoms with van der Waals surface area (Å²) >= 11 is 0. The molecule has 1 aliphatic rings. The molecule has 22 heavy (non-hydrogen) atoms. The molecule has 0 saturated carbocycles. The topological polar surface area (TPSA) is 29.5 Å². The number of carbonyl (C=O) groups is 1. The Morgan fingerprint density at radius 2 is 1.73 bits per heavy atom. The average molecular weight is 295 g/mol. The molecule has 1 fully saturated rings. The summed E-state index contributed by atoms with van der Waals surface area (Å²) in [6.07, 6.45) is 2.06. The Balaban J connectivity index is 1.56. The minimum absolute atomic E-state index is 0.105. The van der Waals surface area contributed by atoms with Gasteiger partial charge in [-0.2, -0.15) is 0 Å². The number of ether oxygens (including phenoxy) is 1. The molecule has 0 aromatic heterocycles. The van der Waals surface area contributed by atoms with Crippen molar-refractivity contribution >= 4 is 5.91 Å². The first-order valence-electron chi connectivity index (χ1n) is 7.83. The zero-order chi connectivity index (χ0) is 15.2. The van der Waals surface area contributed by atoms with Crippen LogP contribution in [-0.2, 0) is 11.2 Å². The highest BCUT2D eigenvalue weighted by atomic mass is 16.5. The van der Waals surface area contributed by atoms with E-state index in [1.807, 2.05) is 41.3 Å². The summed E-state index contributed by atoms with van der Waals surface area (Å²) in [6.45, 7) is 1.98. The zero-order valence-electron chi connectivity index (χ0n) is 12.7. The summed E-state index contributed by atoms with van der Waals surface area (Å²) in [5.74, 6) is 0.105. The highest BCUT2D eigenvalue weighted by Crippen LogP contribution is 2.15. The van der Waals surface area contributed by atoms with Gasteiger partial charge in [-0.1, -0.05) is 48.5 Å². The van der Waals surface area contributed by atoms with Crippen molar-refractivity contribution in [2.75, 3.05) is 19.7 Å². The van der Waals surface area contributed by atoms with E-state index in [0.29, 0.717) is 19.7 Å². The lowest BCUT2D eigenvalue weighted by atomic mass is 10.1. The van der Waals surface area contributed by atoms with E-state index in [-0.39, 0.29) is 12.0 Å². The fourth-order valence-electron chi connectivity index (χ4n) is 2.81. The Labute approximate surface area is 131 Å². The monoisotopic (exact) mass is 295 g/mol. The zero-order valence-corrected chi connectivity index (χ0v) is 12.7. The molecule has 0 N–H and O–H groups in total. The quantitative estimate of drug-likeness (QED) is 0.867. The number of aryl methyl sites for hydroxylation is 1. The highest BCUT2D eigenvalue weighted by molar-refractivity contribution is 5.94. The number of amides is 1. The Kier molecular flexibility index (Phi) is 4.86. The molecule has 1 amide bonds. The van der Waals surface area contributed by atoms with E-state index in [0.717, 1.165) is 18.4 Å². The van der Waals surface area contributed by atoms with E-state index < -0.39 is 0 Å². The van der Waals surface area contributed by atoms with Crippen LogP contribution in [0, 0.1) is 0 Å². The number of hydrogen-bond donors (Lipinski definition) is 0. The van der Waals surface area contributed by atoms with Gasteiger partial charge in [-0.05, 0) is 30.5 Å². The predicted molar refractivity (Wildman–Crippen MR) is 86.8 cm³/mol. The second-order valence-electron chi connectivity index (χ2n) is 5.63. The number of nitrogens with zero attached hydrogens (tertiary/aromatic N) is 1. The molecule has 3 nitrogen and oxygen atoms in total. The molecule has 1 atom stereocenters. The first-order chi connectivity index (χ1) is 10.8. The molecule has 2 aromatic rings. The van der Waals surface area contributed by atoms with Gasteiger partial charge in [-0.15, -0.1) is 0 Å². The Bertz CT molecular complexity index is 597. The lowest BCUT2D eigenvalue weighted by Gasteiger charge is -2.33. The SMILES string of the molecule is O=C(c1ccccc1)N1CCOC(CCc2ccccc2)C1. The fourth-order valence-corrected chi connectivity index (χ4v) is 2.81. The maximum Gasteiger partial charge on any atom is 0.254 e. The molecule has 0 bridgehead atoms. The smallest absolute Gasteiger partial charge is 0.254 e. The van der Waals surface area contributed by atoms with Crippen molar-refractivity contribution in [1.82, 2.24) is 4.90 Å². The Hall–Kier alpha value is -2.13. The first kappa shape index (κ1) is 14.8. The van der Waals surface area contributed by atoms with E-state index in [4.69, 9.17) is 4.74 Å². The molecule has 1 heterocycles. The van der Waals surface area contributed by atoms with Crippen molar-refractivity contribution in [2.45, 2.75) is 18.9 Å². The van der Waals surface area contributed by atoms with Crippen LogP contribution in [0.3, 0.4) is 0 Å². The van der Waals surface area contributed by atoms with Gasteiger partial charge >= 0.3 is 0 Å². The van der Waals surface area contributed by atoms with E-state index in [1.165, 1.54) is 5.56 Å². The molecule has 0 spiro atoms. The van der Waals surface area contributed by atoms with Gasteiger partial charge in [0.05, 0.1) is 12.7 Å². The van der Waals surface area contributed by atoms with Crippen LogP contribution in [0.2, 0.25) is 0 Å². The molecule has 114 valence electrons. The number of rotatable bonds is 4. The third kappa shape index (κ3) is 3.74. The molecule has 0 radical (unpaired) electrons. The lowest BCUT2D eigenvalue weighted by Crippen LogP contribution is -2.45. The maximum absolute atomic E-state index is 12.5. The second kappa shape index (κ2) is 7.23. The van der Waals surface area contributed by atoms with Crippen LogP contribution in [0.4, 0.5) is 0 Å². The van der Waals surface area contributed by atoms with Crippen molar-refractivity contribution in [1.29, 1.82) is 0 Å². The number of hydrogen-bond acceptors (Lipinski definition) is 2. The molecule has 1 unspecified atom stereocenters. The molecule has 3 heteroatoms. The summed E-state index contributed by atoms with van der Waals surface area (Å²) in [4.78, 5) is 14.4. The lowest BCUT2D eigenvalue weighted by molar-refractivity contribution is -0.0246. The van der Waals surface area contributed by atoms with Crippen molar-refractivity contribution in [3.63, 3.8) is 0 Å². The predicted octanol–water partition coefficient (Wildman–Crippen LogP) is 3.16. The minimum atomic E-state index is 0.105. The number of carbonyl (C=O) groups excluding carboxylic acids is 1. The third-order valence-corrected chi connectivity index (χ3v) is 4.04. The number of morpholine rings is 1. The summed E-state index contributed by atoms with van der Waals surface area (Å²) in [5.41, 5.74) is 2.07. The molecule has 1 aliphatic heterocycles. The van der Waals surface area contributed by atoms with Gasteiger partial charge < -0.3 is 9.64 Å². The summed E-state index contributed by atoms with van der Waals surface area (Å²) in [7, 11) is 0. The first-order valence-corrected chi connectivity index (χ1v) is 7.83. The maximum atomic E-state index is 12.5. The highest BCUT2D eigenvalue weighted by Gasteiger charge is 2.24. The summed E-state index contributed by atoms with van der Waals surface area (Å²) in [6, 6.07) is 19.9. The van der Waals surface area contributed by atoms with Crippen LogP contribution in [-0.4, -0.2) is 36.6 Å². The van der Waals surface area contributed by atoms with Crippen LogP contribution in [0.15, 0.2) is 60.7 Å². The van der Waals surface area contributed by atoms with Crippen molar-refractivity contribution in [3.05, 3.63) is 71.8 Å². The van der Waals surface area contributed by atoms with Gasteiger partial charge in [0.2, 0.25) is 0 Å². The van der Waals surface area contributed by atoms with Crippen LogP contribution < -0.4 is 0 Å². The van der Waals surface area contributed by atoms with Gasteiger partial charge in [0.15, 0.2) is 0 Å². The van der Waals surface area contributed by atoms with Crippen molar-refractivity contribution < 1.29 is 9.53 Å². The largest absolute Gasteiger partial charge is 0.375 e. The van der Waals surface area contributed by atoms with Crippen molar-refractivity contribution in [3.8, 4) is 0 Å². The molecule has 0 aliphatic carbocycles. The number of benzene rings is 2. The van der Waals surface area contributed by atoms with Gasteiger partial charge in [0.1, 0.15) is 0 Å². The Morgan fingerprint density at radius 1 is 1.05 bits per heavy atom. The van der Waals surface area contributed by atoms with E-state index >= 15 is 0 Å². The second-order valence-corrected chi connectivity index (χ2v) is 5.63. The molecular weight excluding hydrogens is 274 g/mol. The van der Waals surface area contributed by atoms with Crippen LogP contribution in [0.25, 0.3) is 0 Å². The average Bonchev–Trinajstić information content (AvgIpc) is 2.61. The fraction of sp³-hybridized carbons (Fsp3) is 0.316. The van der Waals surface area contributed by atoms with Crippen LogP contribution >= 0.6 is 0 Å². The van der Waals surface area contributed by atoms with Gasteiger partial charge in [-0.3, -0.25) is 4.79 Å². The normalized spacial score (nSPS) is 18.2.